The number of hydrogen-bond donors (Lipinski definition) is 1. The van der Waals surface area contributed by atoms with Crippen molar-refractivity contribution in [2.24, 2.45) is 0 Å². The minimum Gasteiger partial charge on any atom is -0.494 e. The molecular weight excluding hydrogens is 368 g/mol. The number of aromatic nitrogens is 3. The summed E-state index contributed by atoms with van der Waals surface area (Å²) in [6, 6.07) is 17.1. The van der Waals surface area contributed by atoms with Crippen LogP contribution in [0.2, 0.25) is 0 Å². The molecule has 4 aromatic rings. The lowest BCUT2D eigenvalue weighted by Crippen LogP contribution is -2.19. The number of aryl methyl sites for hydroxylation is 1. The lowest BCUT2D eigenvalue weighted by atomic mass is 10.2. The van der Waals surface area contributed by atoms with Gasteiger partial charge in [0.15, 0.2) is 0 Å². The van der Waals surface area contributed by atoms with Crippen LogP contribution < -0.4 is 10.1 Å². The molecule has 0 unspecified atom stereocenters. The fourth-order valence-electron chi connectivity index (χ4n) is 3.20. The second-order valence-corrected chi connectivity index (χ2v) is 6.53. The number of rotatable bonds is 7. The maximum Gasteiger partial charge on any atom is 0.264 e. The summed E-state index contributed by atoms with van der Waals surface area (Å²) in [5.74, 6) is 1.60. The summed E-state index contributed by atoms with van der Waals surface area (Å²) >= 11 is 0. The van der Waals surface area contributed by atoms with Crippen molar-refractivity contribution in [2.45, 2.75) is 26.8 Å². The molecule has 2 heterocycles. The van der Waals surface area contributed by atoms with E-state index in [0.717, 1.165) is 22.3 Å². The van der Waals surface area contributed by atoms with Crippen LogP contribution in [0.4, 0.5) is 5.69 Å². The van der Waals surface area contributed by atoms with Crippen LogP contribution >= 0.6 is 0 Å². The van der Waals surface area contributed by atoms with E-state index in [9.17, 15) is 4.79 Å². The van der Waals surface area contributed by atoms with Gasteiger partial charge in [-0.1, -0.05) is 25.1 Å². The first-order chi connectivity index (χ1) is 14.2. The van der Waals surface area contributed by atoms with E-state index in [1.807, 2.05) is 73.0 Å². The number of amides is 1. The predicted octanol–water partition coefficient (Wildman–Crippen LogP) is 4.29. The van der Waals surface area contributed by atoms with Crippen molar-refractivity contribution in [2.75, 3.05) is 11.9 Å². The number of hydrogen-bond acceptors (Lipinski definition) is 5. The van der Waals surface area contributed by atoms with Gasteiger partial charge in [0.25, 0.3) is 5.89 Å². The smallest absolute Gasteiger partial charge is 0.264 e. The summed E-state index contributed by atoms with van der Waals surface area (Å²) < 4.78 is 13.1. The zero-order valence-electron chi connectivity index (χ0n) is 16.4. The number of ether oxygens (including phenoxy) is 1. The third-order valence-electron chi connectivity index (χ3n) is 4.55. The molecule has 7 nitrogen and oxygen atoms in total. The maximum atomic E-state index is 12.7. The summed E-state index contributed by atoms with van der Waals surface area (Å²) in [6.07, 6.45) is 0.658. The van der Waals surface area contributed by atoms with Gasteiger partial charge in [-0.3, -0.25) is 4.79 Å². The Labute approximate surface area is 168 Å². The van der Waals surface area contributed by atoms with Crippen LogP contribution in [-0.2, 0) is 17.8 Å². The van der Waals surface area contributed by atoms with Crippen LogP contribution in [0.25, 0.3) is 22.5 Å². The van der Waals surface area contributed by atoms with E-state index in [2.05, 4.69) is 15.5 Å². The van der Waals surface area contributed by atoms with Gasteiger partial charge in [0.2, 0.25) is 11.8 Å². The number of carbonyl (C=O) groups excluding carboxylic acids is 1. The Hall–Kier alpha value is -3.61. The molecule has 2 aromatic carbocycles. The van der Waals surface area contributed by atoms with Crippen LogP contribution in [0, 0.1) is 0 Å². The van der Waals surface area contributed by atoms with E-state index >= 15 is 0 Å². The van der Waals surface area contributed by atoms with Gasteiger partial charge in [0.1, 0.15) is 18.0 Å². The van der Waals surface area contributed by atoms with Gasteiger partial charge in [0, 0.05) is 23.0 Å². The minimum atomic E-state index is -0.146. The van der Waals surface area contributed by atoms with Gasteiger partial charge in [-0.05, 0) is 43.3 Å². The molecule has 0 fully saturated rings. The van der Waals surface area contributed by atoms with E-state index in [-0.39, 0.29) is 12.5 Å². The molecule has 0 aliphatic rings. The molecule has 2 aromatic heterocycles. The highest BCUT2D eigenvalue weighted by Crippen LogP contribution is 2.28. The maximum absolute atomic E-state index is 12.7. The Morgan fingerprint density at radius 2 is 1.90 bits per heavy atom. The van der Waals surface area contributed by atoms with E-state index in [4.69, 9.17) is 9.15 Å². The first kappa shape index (κ1) is 18.7. The lowest BCUT2D eigenvalue weighted by molar-refractivity contribution is -0.116. The largest absolute Gasteiger partial charge is 0.494 e. The molecule has 0 aliphatic carbocycles. The average molecular weight is 390 g/mol. The van der Waals surface area contributed by atoms with Crippen LogP contribution in [0.1, 0.15) is 19.7 Å². The fourth-order valence-corrected chi connectivity index (χ4v) is 3.20. The molecule has 0 bridgehead atoms. The number of anilines is 1. The summed E-state index contributed by atoms with van der Waals surface area (Å²) in [5, 5.41) is 12.1. The highest BCUT2D eigenvalue weighted by atomic mass is 16.5. The van der Waals surface area contributed by atoms with E-state index in [1.165, 1.54) is 0 Å². The Balaban J connectivity index is 1.60. The molecule has 0 spiro atoms. The molecule has 1 N–H and O–H groups in total. The van der Waals surface area contributed by atoms with Crippen LogP contribution in [0.15, 0.2) is 59.0 Å². The normalized spacial score (nSPS) is 11.0. The first-order valence-electron chi connectivity index (χ1n) is 9.61. The third kappa shape index (κ3) is 3.99. The molecule has 0 atom stereocenters. The van der Waals surface area contributed by atoms with Crippen molar-refractivity contribution in [1.82, 2.24) is 14.8 Å². The fraction of sp³-hybridized carbons (Fsp3) is 0.227. The van der Waals surface area contributed by atoms with Crippen molar-refractivity contribution in [3.8, 4) is 17.3 Å². The number of nitrogens with zero attached hydrogens (tertiary/aromatic N) is 3. The standard InChI is InChI=1S/C22H22N4O3/c1-3-21-24-25-22(29-21)19-13-15-7-5-6-8-18(15)26(19)14-20(27)23-16-9-11-17(12-10-16)28-4-2/h5-13H,3-4,14H2,1-2H3,(H,23,27). The van der Waals surface area contributed by atoms with E-state index < -0.39 is 0 Å². The first-order valence-corrected chi connectivity index (χ1v) is 9.61. The predicted molar refractivity (Wildman–Crippen MR) is 111 cm³/mol. The highest BCUT2D eigenvalue weighted by molar-refractivity contribution is 5.93. The second-order valence-electron chi connectivity index (χ2n) is 6.53. The van der Waals surface area contributed by atoms with E-state index in [1.54, 1.807) is 0 Å². The minimum absolute atomic E-state index is 0.125. The van der Waals surface area contributed by atoms with Gasteiger partial charge < -0.3 is 19.0 Å². The third-order valence-corrected chi connectivity index (χ3v) is 4.55. The zero-order valence-corrected chi connectivity index (χ0v) is 16.4. The van der Waals surface area contributed by atoms with Crippen LogP contribution in [-0.4, -0.2) is 27.3 Å². The quantitative estimate of drug-likeness (QED) is 0.509. The molecule has 148 valence electrons. The van der Waals surface area contributed by atoms with Gasteiger partial charge in [-0.15, -0.1) is 10.2 Å². The molecule has 29 heavy (non-hydrogen) atoms. The Morgan fingerprint density at radius 1 is 1.10 bits per heavy atom. The average Bonchev–Trinajstić information content (AvgIpc) is 3.35. The summed E-state index contributed by atoms with van der Waals surface area (Å²) in [7, 11) is 0. The monoisotopic (exact) mass is 390 g/mol. The van der Waals surface area contributed by atoms with Crippen molar-refractivity contribution in [1.29, 1.82) is 0 Å². The number of fused-ring (bicyclic) bond motifs is 1. The van der Waals surface area contributed by atoms with Gasteiger partial charge >= 0.3 is 0 Å². The molecule has 4 rings (SSSR count). The lowest BCUT2D eigenvalue weighted by Gasteiger charge is -2.10. The molecule has 0 radical (unpaired) electrons. The molecule has 1 amide bonds. The molecule has 0 saturated carbocycles. The summed E-state index contributed by atoms with van der Waals surface area (Å²) in [5.41, 5.74) is 2.36. The molecule has 0 saturated heterocycles. The number of carbonyl (C=O) groups is 1. The second kappa shape index (κ2) is 8.18. The van der Waals surface area contributed by atoms with Crippen molar-refractivity contribution in [3.63, 3.8) is 0 Å². The molecular formula is C22H22N4O3. The Kier molecular flexibility index (Phi) is 5.29. The number of para-hydroxylation sites is 1. The van der Waals surface area contributed by atoms with Gasteiger partial charge in [0.05, 0.1) is 6.61 Å². The number of nitrogens with one attached hydrogen (secondary N) is 1. The highest BCUT2D eigenvalue weighted by Gasteiger charge is 2.18. The van der Waals surface area contributed by atoms with Gasteiger partial charge in [-0.2, -0.15) is 0 Å². The van der Waals surface area contributed by atoms with Crippen LogP contribution in [0.5, 0.6) is 5.75 Å². The zero-order chi connectivity index (χ0) is 20.2. The summed E-state index contributed by atoms with van der Waals surface area (Å²) in [6.45, 7) is 4.61. The van der Waals surface area contributed by atoms with Gasteiger partial charge in [-0.25, -0.2) is 0 Å². The molecule has 7 heteroatoms. The van der Waals surface area contributed by atoms with Crippen molar-refractivity contribution in [3.05, 3.63) is 60.5 Å². The SMILES string of the molecule is CCOc1ccc(NC(=O)Cn2c(-c3nnc(CC)o3)cc3ccccc32)cc1. The topological polar surface area (TPSA) is 82.2 Å². The van der Waals surface area contributed by atoms with Crippen molar-refractivity contribution >= 4 is 22.5 Å². The number of benzene rings is 2. The Morgan fingerprint density at radius 3 is 2.62 bits per heavy atom. The summed E-state index contributed by atoms with van der Waals surface area (Å²) in [4.78, 5) is 12.7. The van der Waals surface area contributed by atoms with Crippen LogP contribution in [0.3, 0.4) is 0 Å². The van der Waals surface area contributed by atoms with Crippen molar-refractivity contribution < 1.29 is 13.9 Å². The van der Waals surface area contributed by atoms with E-state index in [0.29, 0.717) is 30.5 Å². The Bertz CT molecular complexity index is 1130. The molecule has 0 aliphatic heterocycles.